The Hall–Kier alpha value is -1.39. The predicted octanol–water partition coefficient (Wildman–Crippen LogP) is 2.31. The molecule has 104 valence electrons. The monoisotopic (exact) mass is 263 g/mol. The predicted molar refractivity (Wildman–Crippen MR) is 73.0 cm³/mol. The molecule has 1 saturated heterocycles. The second kappa shape index (κ2) is 6.68. The van der Waals surface area contributed by atoms with Crippen LogP contribution in [-0.4, -0.2) is 42.3 Å². The summed E-state index contributed by atoms with van der Waals surface area (Å²) in [6, 6.07) is 9.87. The second-order valence-corrected chi connectivity index (χ2v) is 5.00. The zero-order chi connectivity index (χ0) is 13.7. The lowest BCUT2D eigenvalue weighted by Gasteiger charge is -2.36. The number of carbonyl (C=O) groups is 1. The van der Waals surface area contributed by atoms with Gasteiger partial charge in [0.15, 0.2) is 0 Å². The van der Waals surface area contributed by atoms with Gasteiger partial charge in [0.2, 0.25) is 0 Å². The fraction of sp³-hybridized carbons (Fsp3) is 0.533. The number of rotatable bonds is 5. The summed E-state index contributed by atoms with van der Waals surface area (Å²) in [5.74, 6) is -0.747. The maximum absolute atomic E-state index is 11.1. The van der Waals surface area contributed by atoms with Crippen LogP contribution >= 0.6 is 0 Å². The minimum Gasteiger partial charge on any atom is -0.481 e. The molecule has 1 N–H and O–H groups in total. The van der Waals surface area contributed by atoms with Crippen molar-refractivity contribution >= 4 is 5.97 Å². The average Bonchev–Trinajstić information content (AvgIpc) is 2.46. The summed E-state index contributed by atoms with van der Waals surface area (Å²) in [5.41, 5.74) is 1.08. The lowest BCUT2D eigenvalue weighted by atomic mass is 9.98. The molecule has 0 spiro atoms. The van der Waals surface area contributed by atoms with E-state index in [4.69, 9.17) is 9.84 Å². The van der Waals surface area contributed by atoms with Crippen LogP contribution in [0.3, 0.4) is 0 Å². The van der Waals surface area contributed by atoms with Crippen LogP contribution in [0.4, 0.5) is 0 Å². The number of hydrogen-bond acceptors (Lipinski definition) is 3. The van der Waals surface area contributed by atoms with E-state index < -0.39 is 5.97 Å². The third-order valence-electron chi connectivity index (χ3n) is 3.80. The first-order valence-corrected chi connectivity index (χ1v) is 6.74. The Kier molecular flexibility index (Phi) is 4.93. The minimum atomic E-state index is -0.747. The van der Waals surface area contributed by atoms with Crippen molar-refractivity contribution in [2.75, 3.05) is 20.2 Å². The summed E-state index contributed by atoms with van der Waals surface area (Å²) in [4.78, 5) is 13.4. The normalized spacial score (nSPS) is 19.2. The number of methoxy groups -OCH3 is 1. The van der Waals surface area contributed by atoms with Crippen molar-refractivity contribution in [2.45, 2.75) is 31.4 Å². The lowest BCUT2D eigenvalue weighted by Crippen LogP contribution is -2.39. The molecule has 0 bridgehead atoms. The quantitative estimate of drug-likeness (QED) is 0.885. The molecule has 1 aliphatic heterocycles. The first kappa shape index (κ1) is 14.0. The van der Waals surface area contributed by atoms with Gasteiger partial charge in [-0.1, -0.05) is 30.3 Å². The highest BCUT2D eigenvalue weighted by Gasteiger charge is 2.27. The van der Waals surface area contributed by atoms with E-state index in [-0.39, 0.29) is 12.5 Å². The van der Waals surface area contributed by atoms with Gasteiger partial charge in [0, 0.05) is 26.2 Å². The number of carboxylic acid groups (broad SMARTS) is 1. The van der Waals surface area contributed by atoms with E-state index in [0.29, 0.717) is 6.10 Å². The van der Waals surface area contributed by atoms with Crippen molar-refractivity contribution in [1.29, 1.82) is 0 Å². The van der Waals surface area contributed by atoms with Crippen molar-refractivity contribution in [3.05, 3.63) is 35.9 Å². The van der Waals surface area contributed by atoms with Crippen molar-refractivity contribution in [2.24, 2.45) is 0 Å². The molecule has 19 heavy (non-hydrogen) atoms. The highest BCUT2D eigenvalue weighted by molar-refractivity contribution is 5.68. The maximum Gasteiger partial charge on any atom is 0.305 e. The van der Waals surface area contributed by atoms with Gasteiger partial charge in [-0.3, -0.25) is 9.69 Å². The van der Waals surface area contributed by atoms with Crippen molar-refractivity contribution in [1.82, 2.24) is 4.90 Å². The molecule has 1 heterocycles. The largest absolute Gasteiger partial charge is 0.481 e. The molecule has 4 heteroatoms. The second-order valence-electron chi connectivity index (χ2n) is 5.00. The number of carboxylic acids is 1. The summed E-state index contributed by atoms with van der Waals surface area (Å²) < 4.78 is 5.36. The Bertz CT molecular complexity index is 399. The summed E-state index contributed by atoms with van der Waals surface area (Å²) in [6.07, 6.45) is 2.41. The van der Waals surface area contributed by atoms with E-state index in [0.717, 1.165) is 31.5 Å². The molecule has 1 unspecified atom stereocenters. The Morgan fingerprint density at radius 1 is 1.37 bits per heavy atom. The summed E-state index contributed by atoms with van der Waals surface area (Å²) in [5, 5.41) is 9.12. The van der Waals surface area contributed by atoms with Crippen molar-refractivity contribution in [3.63, 3.8) is 0 Å². The molecule has 1 aromatic rings. The highest BCUT2D eigenvalue weighted by atomic mass is 16.5. The molecule has 0 radical (unpaired) electrons. The van der Waals surface area contributed by atoms with E-state index >= 15 is 0 Å². The fourth-order valence-corrected chi connectivity index (χ4v) is 2.72. The molecule has 1 fully saturated rings. The zero-order valence-electron chi connectivity index (χ0n) is 11.3. The van der Waals surface area contributed by atoms with E-state index in [9.17, 15) is 4.79 Å². The van der Waals surface area contributed by atoms with Crippen molar-refractivity contribution in [3.8, 4) is 0 Å². The Morgan fingerprint density at radius 2 is 2.00 bits per heavy atom. The molecule has 0 saturated carbocycles. The molecular formula is C15H21NO3. The van der Waals surface area contributed by atoms with Crippen LogP contribution in [0.2, 0.25) is 0 Å². The van der Waals surface area contributed by atoms with Gasteiger partial charge in [0.1, 0.15) is 0 Å². The summed E-state index contributed by atoms with van der Waals surface area (Å²) in [7, 11) is 1.74. The zero-order valence-corrected chi connectivity index (χ0v) is 11.3. The fourth-order valence-electron chi connectivity index (χ4n) is 2.72. The number of piperidine rings is 1. The maximum atomic E-state index is 11.1. The van der Waals surface area contributed by atoms with Gasteiger partial charge in [-0.15, -0.1) is 0 Å². The van der Waals surface area contributed by atoms with Gasteiger partial charge in [-0.2, -0.15) is 0 Å². The molecule has 0 aliphatic carbocycles. The molecule has 1 aromatic carbocycles. The Balaban J connectivity index is 2.08. The Labute approximate surface area is 114 Å². The number of likely N-dealkylation sites (tertiary alicyclic amines) is 1. The number of aliphatic carboxylic acids is 1. The smallest absolute Gasteiger partial charge is 0.305 e. The average molecular weight is 263 g/mol. The number of ether oxygens (including phenoxy) is 1. The van der Waals surface area contributed by atoms with Crippen molar-refractivity contribution < 1.29 is 14.6 Å². The van der Waals surface area contributed by atoms with Gasteiger partial charge in [-0.05, 0) is 18.4 Å². The minimum absolute atomic E-state index is 0.0310. The molecule has 1 aliphatic rings. The van der Waals surface area contributed by atoms with Gasteiger partial charge in [-0.25, -0.2) is 0 Å². The molecule has 0 aromatic heterocycles. The number of nitrogens with zero attached hydrogens (tertiary/aromatic N) is 1. The summed E-state index contributed by atoms with van der Waals surface area (Å²) in [6.45, 7) is 1.79. The number of benzene rings is 1. The highest BCUT2D eigenvalue weighted by Crippen LogP contribution is 2.28. The third-order valence-corrected chi connectivity index (χ3v) is 3.80. The molecular weight excluding hydrogens is 242 g/mol. The first-order valence-electron chi connectivity index (χ1n) is 6.74. The number of hydrogen-bond donors (Lipinski definition) is 1. The summed E-state index contributed by atoms with van der Waals surface area (Å²) >= 11 is 0. The molecule has 2 rings (SSSR count). The van der Waals surface area contributed by atoms with Gasteiger partial charge in [0.05, 0.1) is 12.5 Å². The lowest BCUT2D eigenvalue weighted by molar-refractivity contribution is -0.138. The van der Waals surface area contributed by atoms with Gasteiger partial charge in [0.25, 0.3) is 0 Å². The molecule has 1 atom stereocenters. The topological polar surface area (TPSA) is 49.8 Å². The van der Waals surface area contributed by atoms with Crippen LogP contribution in [0.1, 0.15) is 30.9 Å². The van der Waals surface area contributed by atoms with E-state index in [2.05, 4.69) is 4.90 Å². The van der Waals surface area contributed by atoms with E-state index in [1.807, 2.05) is 30.3 Å². The van der Waals surface area contributed by atoms with Gasteiger partial charge >= 0.3 is 5.97 Å². The van der Waals surface area contributed by atoms with Crippen LogP contribution in [0.25, 0.3) is 0 Å². The van der Waals surface area contributed by atoms with Gasteiger partial charge < -0.3 is 9.84 Å². The van der Waals surface area contributed by atoms with Crippen LogP contribution < -0.4 is 0 Å². The van der Waals surface area contributed by atoms with E-state index in [1.54, 1.807) is 7.11 Å². The van der Waals surface area contributed by atoms with E-state index in [1.165, 1.54) is 0 Å². The SMILES string of the molecule is COC1CCN(C(CC(=O)O)c2ccccc2)CC1. The standard InChI is InChI=1S/C15H21NO3/c1-19-13-7-9-16(10-8-13)14(11-15(17)18)12-5-3-2-4-6-12/h2-6,13-14H,7-11H2,1H3,(H,17,18). The molecule has 4 nitrogen and oxygen atoms in total. The van der Waals surface area contributed by atoms with Crippen LogP contribution in [0.5, 0.6) is 0 Å². The van der Waals surface area contributed by atoms with Crippen LogP contribution in [-0.2, 0) is 9.53 Å². The van der Waals surface area contributed by atoms with Crippen LogP contribution in [0, 0.1) is 0 Å². The first-order chi connectivity index (χ1) is 9.20. The third kappa shape index (κ3) is 3.78. The van der Waals surface area contributed by atoms with Crippen LogP contribution in [0.15, 0.2) is 30.3 Å². The Morgan fingerprint density at radius 3 is 2.53 bits per heavy atom. The molecule has 0 amide bonds.